The second kappa shape index (κ2) is 13.5. The van der Waals surface area contributed by atoms with Crippen LogP contribution in [0.3, 0.4) is 0 Å². The van der Waals surface area contributed by atoms with Gasteiger partial charge in [0.25, 0.3) is 23.1 Å². The maximum absolute atomic E-state index is 12.2. The molecule has 0 saturated heterocycles. The Balaban J connectivity index is 0.000000175. The predicted octanol–water partition coefficient (Wildman–Crippen LogP) is 4.04. The van der Waals surface area contributed by atoms with E-state index in [2.05, 4.69) is 19.9 Å². The molecule has 44 heavy (non-hydrogen) atoms. The summed E-state index contributed by atoms with van der Waals surface area (Å²) in [5.41, 5.74) is 1.26. The van der Waals surface area contributed by atoms with E-state index in [1.54, 1.807) is 0 Å². The molecule has 12 heteroatoms. The van der Waals surface area contributed by atoms with Crippen molar-refractivity contribution < 1.29 is 18.3 Å². The van der Waals surface area contributed by atoms with Gasteiger partial charge in [0.2, 0.25) is 11.4 Å². The highest BCUT2D eigenvalue weighted by Gasteiger charge is 2.13. The molecule has 0 fully saturated rings. The van der Waals surface area contributed by atoms with Gasteiger partial charge in [0.1, 0.15) is 24.0 Å². The van der Waals surface area contributed by atoms with E-state index < -0.39 is 11.3 Å². The Morgan fingerprint density at radius 3 is 1.36 bits per heavy atom. The van der Waals surface area contributed by atoms with E-state index in [1.165, 1.54) is 12.1 Å². The second-order valence-corrected chi connectivity index (χ2v) is 9.54. The minimum absolute atomic E-state index is 0.00355. The number of benzene rings is 2. The Morgan fingerprint density at radius 1 is 0.614 bits per heavy atom. The van der Waals surface area contributed by atoms with E-state index in [9.17, 15) is 19.2 Å². The van der Waals surface area contributed by atoms with Gasteiger partial charge in [-0.3, -0.25) is 19.6 Å². The highest BCUT2D eigenvalue weighted by Crippen LogP contribution is 2.15. The highest BCUT2D eigenvalue weighted by atomic mass is 16.5. The zero-order valence-electron chi connectivity index (χ0n) is 23.9. The van der Waals surface area contributed by atoms with Crippen LogP contribution in [0.15, 0.2) is 101 Å². The summed E-state index contributed by atoms with van der Waals surface area (Å²) in [5.74, 6) is 0. The van der Waals surface area contributed by atoms with Gasteiger partial charge in [-0.05, 0) is 35.1 Å². The SMILES string of the molecule is CCc1cc(=O)oc2nc(OCc3ccccc3)[nH]c(=O)c12.CCc1cc(=O)oc2nc(OCc3ccccc3)[nH]c(=O)c12. The van der Waals surface area contributed by atoms with Crippen LogP contribution in [-0.2, 0) is 26.1 Å². The summed E-state index contributed by atoms with van der Waals surface area (Å²) in [7, 11) is 0. The Hall–Kier alpha value is -5.78. The maximum atomic E-state index is 12.2. The topological polar surface area (TPSA) is 170 Å². The molecule has 0 atom stereocenters. The largest absolute Gasteiger partial charge is 0.460 e. The Morgan fingerprint density at radius 2 is 1.00 bits per heavy atom. The molecule has 0 bridgehead atoms. The third-order valence-corrected chi connectivity index (χ3v) is 6.55. The normalized spacial score (nSPS) is 10.8. The van der Waals surface area contributed by atoms with Gasteiger partial charge in [-0.15, -0.1) is 0 Å². The molecule has 0 aliphatic carbocycles. The molecule has 2 N–H and O–H groups in total. The average Bonchev–Trinajstić information content (AvgIpc) is 3.02. The van der Waals surface area contributed by atoms with Gasteiger partial charge in [-0.2, -0.15) is 9.97 Å². The summed E-state index contributed by atoms with van der Waals surface area (Å²) in [6.45, 7) is 4.22. The molecule has 0 unspecified atom stereocenters. The van der Waals surface area contributed by atoms with Crippen LogP contribution in [-0.4, -0.2) is 19.9 Å². The number of aromatic nitrogens is 4. The molecule has 0 radical (unpaired) electrons. The zero-order valence-corrected chi connectivity index (χ0v) is 23.9. The maximum Gasteiger partial charge on any atom is 0.337 e. The first-order chi connectivity index (χ1) is 21.3. The van der Waals surface area contributed by atoms with Crippen molar-refractivity contribution in [3.05, 3.63) is 137 Å². The van der Waals surface area contributed by atoms with E-state index in [0.717, 1.165) is 11.1 Å². The number of nitrogens with one attached hydrogen (secondary N) is 2. The van der Waals surface area contributed by atoms with Crippen molar-refractivity contribution >= 4 is 22.2 Å². The number of ether oxygens (including phenoxy) is 2. The zero-order chi connectivity index (χ0) is 31.1. The molecule has 4 aromatic heterocycles. The van der Waals surface area contributed by atoms with Crippen molar-refractivity contribution in [1.29, 1.82) is 0 Å². The van der Waals surface area contributed by atoms with Crippen LogP contribution >= 0.6 is 0 Å². The first-order valence-corrected chi connectivity index (χ1v) is 13.8. The third-order valence-electron chi connectivity index (χ3n) is 6.55. The molecular weight excluding hydrogens is 568 g/mol. The molecule has 0 spiro atoms. The van der Waals surface area contributed by atoms with Gasteiger partial charge >= 0.3 is 11.3 Å². The fraction of sp³-hybridized carbons (Fsp3) is 0.188. The molecule has 6 aromatic rings. The van der Waals surface area contributed by atoms with Crippen LogP contribution in [0, 0.1) is 0 Å². The number of aromatic amines is 2. The first-order valence-electron chi connectivity index (χ1n) is 13.8. The van der Waals surface area contributed by atoms with Gasteiger partial charge in [-0.1, -0.05) is 74.5 Å². The monoisotopic (exact) mass is 596 g/mol. The second-order valence-electron chi connectivity index (χ2n) is 9.54. The van der Waals surface area contributed by atoms with Crippen molar-refractivity contribution in [3.8, 4) is 12.0 Å². The highest BCUT2D eigenvalue weighted by molar-refractivity contribution is 5.76. The molecule has 12 nitrogen and oxygen atoms in total. The van der Waals surface area contributed by atoms with E-state index >= 15 is 0 Å². The Bertz CT molecular complexity index is 1980. The Labute approximate surface area is 249 Å². The van der Waals surface area contributed by atoms with Gasteiger partial charge in [-0.25, -0.2) is 9.59 Å². The van der Waals surface area contributed by atoms with Crippen molar-refractivity contribution in [2.24, 2.45) is 0 Å². The lowest BCUT2D eigenvalue weighted by Crippen LogP contribution is -2.15. The molecule has 0 saturated carbocycles. The minimum atomic E-state index is -0.531. The molecule has 0 aliphatic heterocycles. The van der Waals surface area contributed by atoms with E-state index in [1.807, 2.05) is 74.5 Å². The van der Waals surface area contributed by atoms with E-state index in [4.69, 9.17) is 18.3 Å². The number of fused-ring (bicyclic) bond motifs is 2. The van der Waals surface area contributed by atoms with Gasteiger partial charge in [0.05, 0.1) is 0 Å². The molecule has 0 aliphatic rings. The van der Waals surface area contributed by atoms with Gasteiger partial charge in [0.15, 0.2) is 0 Å². The Kier molecular flexibility index (Phi) is 9.09. The van der Waals surface area contributed by atoms with Gasteiger partial charge < -0.3 is 18.3 Å². The van der Waals surface area contributed by atoms with Crippen LogP contribution in [0.1, 0.15) is 36.1 Å². The summed E-state index contributed by atoms with van der Waals surface area (Å²) in [6.07, 6.45) is 1.08. The fourth-order valence-corrected chi connectivity index (χ4v) is 4.40. The van der Waals surface area contributed by atoms with Crippen LogP contribution in [0.5, 0.6) is 12.0 Å². The van der Waals surface area contributed by atoms with E-state index in [-0.39, 0.29) is 58.6 Å². The van der Waals surface area contributed by atoms with E-state index in [0.29, 0.717) is 24.0 Å². The van der Waals surface area contributed by atoms with Crippen molar-refractivity contribution in [2.75, 3.05) is 0 Å². The molecule has 2 aromatic carbocycles. The number of hydrogen-bond donors (Lipinski definition) is 2. The predicted molar refractivity (Wildman–Crippen MR) is 162 cm³/mol. The molecule has 0 amide bonds. The molecule has 4 heterocycles. The number of nitrogens with zero attached hydrogens (tertiary/aromatic N) is 2. The van der Waals surface area contributed by atoms with Crippen LogP contribution < -0.4 is 31.8 Å². The van der Waals surface area contributed by atoms with Crippen molar-refractivity contribution in [1.82, 2.24) is 19.9 Å². The van der Waals surface area contributed by atoms with Gasteiger partial charge in [0, 0.05) is 12.1 Å². The minimum Gasteiger partial charge on any atom is -0.460 e. The summed E-state index contributed by atoms with van der Waals surface area (Å²) in [4.78, 5) is 60.6. The summed E-state index contributed by atoms with van der Waals surface area (Å²) in [6, 6.07) is 21.6. The van der Waals surface area contributed by atoms with Crippen molar-refractivity contribution in [2.45, 2.75) is 39.9 Å². The average molecular weight is 597 g/mol. The quantitative estimate of drug-likeness (QED) is 0.261. The number of rotatable bonds is 8. The number of hydrogen-bond acceptors (Lipinski definition) is 10. The number of H-pyrrole nitrogens is 2. The van der Waals surface area contributed by atoms with Crippen LogP contribution in [0.4, 0.5) is 0 Å². The number of aryl methyl sites for hydroxylation is 2. The lowest BCUT2D eigenvalue weighted by atomic mass is 10.1. The summed E-state index contributed by atoms with van der Waals surface area (Å²) in [5, 5.41) is 0.573. The fourth-order valence-electron chi connectivity index (χ4n) is 4.40. The lowest BCUT2D eigenvalue weighted by Gasteiger charge is -2.06. The van der Waals surface area contributed by atoms with Crippen LogP contribution in [0.2, 0.25) is 0 Å². The molecular formula is C32H28N4O8. The smallest absolute Gasteiger partial charge is 0.337 e. The molecule has 6 rings (SSSR count). The first kappa shape index (κ1) is 29.7. The molecule has 224 valence electrons. The summed E-state index contributed by atoms with van der Waals surface area (Å²) < 4.78 is 21.0. The van der Waals surface area contributed by atoms with Crippen molar-refractivity contribution in [3.63, 3.8) is 0 Å². The summed E-state index contributed by atoms with van der Waals surface area (Å²) >= 11 is 0. The third kappa shape index (κ3) is 6.98. The van der Waals surface area contributed by atoms with Crippen LogP contribution in [0.25, 0.3) is 22.2 Å². The standard InChI is InChI=1S/2C16H14N2O4/c2*1-2-11-8-12(19)22-15-13(11)14(20)17-16(18-15)21-9-10-6-4-3-5-7-10/h2*3-8H,2,9H2,1H3,(H,17,18,20). The lowest BCUT2D eigenvalue weighted by molar-refractivity contribution is 0.279.